The van der Waals surface area contributed by atoms with Gasteiger partial charge in [-0.05, 0) is 0 Å². The van der Waals surface area contributed by atoms with Gasteiger partial charge < -0.3 is 19.8 Å². The molecule has 2 heterocycles. The van der Waals surface area contributed by atoms with Gasteiger partial charge in [0.25, 0.3) is 0 Å². The summed E-state index contributed by atoms with van der Waals surface area (Å²) in [6.45, 7) is 1.45. The van der Waals surface area contributed by atoms with E-state index >= 15 is 0 Å². The lowest BCUT2D eigenvalue weighted by atomic mass is 9.84. The lowest BCUT2D eigenvalue weighted by Crippen LogP contribution is -2.54. The zero-order chi connectivity index (χ0) is 12.3. The van der Waals surface area contributed by atoms with Crippen LogP contribution in [0.15, 0.2) is 12.4 Å². The van der Waals surface area contributed by atoms with Gasteiger partial charge >= 0.3 is 0 Å². The van der Waals surface area contributed by atoms with E-state index in [0.717, 1.165) is 38.3 Å². The molecule has 0 saturated carbocycles. The Morgan fingerprint density at radius 3 is 2.82 bits per heavy atom. The highest BCUT2D eigenvalue weighted by Gasteiger charge is 2.39. The largest absolute Gasteiger partial charge is 0.381 e. The van der Waals surface area contributed by atoms with Crippen molar-refractivity contribution in [1.29, 1.82) is 0 Å². The maximum Gasteiger partial charge on any atom is 0.110 e. The van der Waals surface area contributed by atoms with E-state index in [1.54, 1.807) is 13.3 Å². The van der Waals surface area contributed by atoms with Gasteiger partial charge in [0.05, 0.1) is 5.60 Å². The fourth-order valence-corrected chi connectivity index (χ4v) is 2.42. The normalized spacial score (nSPS) is 21.4. The number of ether oxygens (including phenoxy) is 2. The number of hydrogen-bond donors (Lipinski definition) is 1. The van der Waals surface area contributed by atoms with Gasteiger partial charge in [-0.15, -0.1) is 0 Å². The molecule has 1 atom stereocenters. The predicted octanol–water partition coefficient (Wildman–Crippen LogP) is 0.485. The molecule has 1 fully saturated rings. The van der Waals surface area contributed by atoms with Gasteiger partial charge in [-0.25, -0.2) is 4.98 Å². The van der Waals surface area contributed by atoms with Crippen LogP contribution in [0.1, 0.15) is 18.7 Å². The first-order valence-corrected chi connectivity index (χ1v) is 6.02. The fraction of sp³-hybridized carbons (Fsp3) is 0.750. The van der Waals surface area contributed by atoms with Crippen LogP contribution in [0, 0.1) is 0 Å². The zero-order valence-electron chi connectivity index (χ0n) is 10.6. The van der Waals surface area contributed by atoms with Crippen LogP contribution in [-0.4, -0.2) is 41.5 Å². The number of imidazole rings is 1. The minimum absolute atomic E-state index is 0.0440. The van der Waals surface area contributed by atoms with E-state index < -0.39 is 0 Å². The minimum Gasteiger partial charge on any atom is -0.381 e. The summed E-state index contributed by atoms with van der Waals surface area (Å²) in [6, 6.07) is -0.0440. The Labute approximate surface area is 102 Å². The second-order valence-corrected chi connectivity index (χ2v) is 4.65. The van der Waals surface area contributed by atoms with Crippen molar-refractivity contribution in [2.24, 2.45) is 12.8 Å². The van der Waals surface area contributed by atoms with E-state index in [9.17, 15) is 0 Å². The molecule has 17 heavy (non-hydrogen) atoms. The van der Waals surface area contributed by atoms with Gasteiger partial charge in [-0.3, -0.25) is 0 Å². The molecule has 5 nitrogen and oxygen atoms in total. The summed E-state index contributed by atoms with van der Waals surface area (Å²) in [6.07, 6.45) is 6.18. The summed E-state index contributed by atoms with van der Waals surface area (Å²) in [4.78, 5) is 4.31. The molecule has 2 N–H and O–H groups in total. The quantitative estimate of drug-likeness (QED) is 0.830. The Morgan fingerprint density at radius 2 is 2.29 bits per heavy atom. The van der Waals surface area contributed by atoms with Crippen LogP contribution in [0.4, 0.5) is 0 Å². The van der Waals surface area contributed by atoms with Crippen molar-refractivity contribution in [3.8, 4) is 0 Å². The molecule has 2 rings (SSSR count). The molecule has 0 radical (unpaired) electrons. The molecule has 1 unspecified atom stereocenters. The smallest absolute Gasteiger partial charge is 0.110 e. The lowest BCUT2D eigenvalue weighted by molar-refractivity contribution is -0.104. The molecule has 0 bridgehead atoms. The average molecular weight is 239 g/mol. The average Bonchev–Trinajstić information content (AvgIpc) is 2.76. The predicted molar refractivity (Wildman–Crippen MR) is 64.7 cm³/mol. The standard InChI is InChI=1S/C12H21N3O2/c1-15-6-5-14-11(15)9-10(13)12(16-2)3-7-17-8-4-12/h5-6,10H,3-4,7-9,13H2,1-2H3. The Morgan fingerprint density at radius 1 is 1.59 bits per heavy atom. The van der Waals surface area contributed by atoms with Crippen LogP contribution in [0.25, 0.3) is 0 Å². The SMILES string of the molecule is COC1(C(N)Cc2nccn2C)CCOCC1. The van der Waals surface area contributed by atoms with Crippen LogP contribution < -0.4 is 5.73 Å². The molecule has 1 aliphatic heterocycles. The molecule has 1 aromatic rings. The molecule has 0 amide bonds. The van der Waals surface area contributed by atoms with Crippen LogP contribution in [0.3, 0.4) is 0 Å². The van der Waals surface area contributed by atoms with Crippen molar-refractivity contribution < 1.29 is 9.47 Å². The molecule has 1 aliphatic rings. The lowest BCUT2D eigenvalue weighted by Gasteiger charge is -2.40. The second kappa shape index (κ2) is 5.16. The second-order valence-electron chi connectivity index (χ2n) is 4.65. The molecule has 0 spiro atoms. The molecular formula is C12H21N3O2. The maximum atomic E-state index is 6.32. The fourth-order valence-electron chi connectivity index (χ4n) is 2.42. The van der Waals surface area contributed by atoms with Crippen molar-refractivity contribution in [2.45, 2.75) is 30.9 Å². The molecule has 0 aliphatic carbocycles. The Kier molecular flexibility index (Phi) is 3.81. The third-order valence-corrected chi connectivity index (χ3v) is 3.74. The highest BCUT2D eigenvalue weighted by Crippen LogP contribution is 2.28. The summed E-state index contributed by atoms with van der Waals surface area (Å²) in [5.74, 6) is 1.00. The van der Waals surface area contributed by atoms with Crippen molar-refractivity contribution in [1.82, 2.24) is 9.55 Å². The number of nitrogens with two attached hydrogens (primary N) is 1. The summed E-state index contributed by atoms with van der Waals surface area (Å²) in [5.41, 5.74) is 6.06. The first-order valence-electron chi connectivity index (χ1n) is 6.02. The number of rotatable bonds is 4. The molecular weight excluding hydrogens is 218 g/mol. The van der Waals surface area contributed by atoms with Gasteiger partial charge in [-0.1, -0.05) is 0 Å². The Bertz CT molecular complexity index is 358. The first kappa shape index (κ1) is 12.5. The van der Waals surface area contributed by atoms with Crippen molar-refractivity contribution in [3.63, 3.8) is 0 Å². The number of aryl methyl sites for hydroxylation is 1. The van der Waals surface area contributed by atoms with E-state index in [2.05, 4.69) is 4.98 Å². The monoisotopic (exact) mass is 239 g/mol. The van der Waals surface area contributed by atoms with E-state index in [1.807, 2.05) is 17.8 Å². The summed E-state index contributed by atoms with van der Waals surface area (Å²) < 4.78 is 13.1. The third-order valence-electron chi connectivity index (χ3n) is 3.74. The highest BCUT2D eigenvalue weighted by molar-refractivity contribution is 5.01. The number of aromatic nitrogens is 2. The summed E-state index contributed by atoms with van der Waals surface area (Å²) in [7, 11) is 3.72. The van der Waals surface area contributed by atoms with Gasteiger partial charge in [0, 0.05) is 65.1 Å². The number of nitrogens with zero attached hydrogens (tertiary/aromatic N) is 2. The van der Waals surface area contributed by atoms with E-state index in [4.69, 9.17) is 15.2 Å². The molecule has 1 saturated heterocycles. The molecule has 1 aromatic heterocycles. The van der Waals surface area contributed by atoms with Crippen LogP contribution in [-0.2, 0) is 22.9 Å². The topological polar surface area (TPSA) is 62.3 Å². The third kappa shape index (κ3) is 2.51. The van der Waals surface area contributed by atoms with Crippen LogP contribution in [0.2, 0.25) is 0 Å². The van der Waals surface area contributed by atoms with E-state index in [0.29, 0.717) is 0 Å². The van der Waals surface area contributed by atoms with Crippen molar-refractivity contribution >= 4 is 0 Å². The molecule has 5 heteroatoms. The summed E-state index contributed by atoms with van der Waals surface area (Å²) >= 11 is 0. The van der Waals surface area contributed by atoms with Gasteiger partial charge in [-0.2, -0.15) is 0 Å². The van der Waals surface area contributed by atoms with Gasteiger partial charge in [0.2, 0.25) is 0 Å². The number of hydrogen-bond acceptors (Lipinski definition) is 4. The van der Waals surface area contributed by atoms with Crippen molar-refractivity contribution in [3.05, 3.63) is 18.2 Å². The van der Waals surface area contributed by atoms with Crippen LogP contribution in [0.5, 0.6) is 0 Å². The molecule has 96 valence electrons. The molecule has 0 aromatic carbocycles. The highest BCUT2D eigenvalue weighted by atomic mass is 16.5. The van der Waals surface area contributed by atoms with E-state index in [1.165, 1.54) is 0 Å². The van der Waals surface area contributed by atoms with Gasteiger partial charge in [0.15, 0.2) is 0 Å². The van der Waals surface area contributed by atoms with Gasteiger partial charge in [0.1, 0.15) is 5.82 Å². The zero-order valence-corrected chi connectivity index (χ0v) is 10.6. The first-order chi connectivity index (χ1) is 8.18. The Hall–Kier alpha value is -0.910. The van der Waals surface area contributed by atoms with Crippen LogP contribution >= 0.6 is 0 Å². The van der Waals surface area contributed by atoms with Crippen molar-refractivity contribution in [2.75, 3.05) is 20.3 Å². The minimum atomic E-state index is -0.260. The summed E-state index contributed by atoms with van der Waals surface area (Å²) in [5, 5.41) is 0. The Balaban J connectivity index is 2.07. The van der Waals surface area contributed by atoms with E-state index in [-0.39, 0.29) is 11.6 Å². The maximum absolute atomic E-state index is 6.32. The number of methoxy groups -OCH3 is 1.